The van der Waals surface area contributed by atoms with E-state index in [1.807, 2.05) is 30.3 Å². The van der Waals surface area contributed by atoms with Crippen LogP contribution in [0, 0.1) is 6.92 Å². The lowest BCUT2D eigenvalue weighted by Gasteiger charge is -2.30. The number of hydrogen-bond acceptors (Lipinski definition) is 2. The number of fused-ring (bicyclic) bond motifs is 1. The van der Waals surface area contributed by atoms with Gasteiger partial charge in [-0.1, -0.05) is 48.0 Å². The Labute approximate surface area is 107 Å². The molecule has 2 heteroatoms. The largest absolute Gasteiger partial charge is 0.465 e. The van der Waals surface area contributed by atoms with E-state index >= 15 is 0 Å². The van der Waals surface area contributed by atoms with Gasteiger partial charge in [0.15, 0.2) is 6.29 Å². The summed E-state index contributed by atoms with van der Waals surface area (Å²) in [4.78, 5) is 0. The van der Waals surface area contributed by atoms with Crippen molar-refractivity contribution in [3.8, 4) is 5.75 Å². The van der Waals surface area contributed by atoms with Gasteiger partial charge < -0.3 is 9.84 Å². The van der Waals surface area contributed by atoms with Crippen molar-refractivity contribution in [2.45, 2.75) is 25.6 Å². The molecule has 0 bridgehead atoms. The molecule has 0 saturated carbocycles. The number of aliphatic hydroxyl groups is 1. The zero-order chi connectivity index (χ0) is 12.5. The Kier molecular flexibility index (Phi) is 2.80. The first-order valence-corrected chi connectivity index (χ1v) is 6.24. The zero-order valence-electron chi connectivity index (χ0n) is 10.3. The Morgan fingerprint density at radius 1 is 1.11 bits per heavy atom. The molecule has 2 nitrogen and oxygen atoms in total. The molecule has 2 aromatic rings. The van der Waals surface area contributed by atoms with Crippen LogP contribution < -0.4 is 4.74 Å². The van der Waals surface area contributed by atoms with E-state index in [2.05, 4.69) is 25.1 Å². The Hall–Kier alpha value is -1.80. The van der Waals surface area contributed by atoms with Gasteiger partial charge in [-0.2, -0.15) is 0 Å². The Bertz CT molecular complexity index is 548. The van der Waals surface area contributed by atoms with Crippen LogP contribution in [0.2, 0.25) is 0 Å². The summed E-state index contributed by atoms with van der Waals surface area (Å²) in [7, 11) is 0. The molecule has 0 aliphatic carbocycles. The van der Waals surface area contributed by atoms with Gasteiger partial charge in [0, 0.05) is 17.9 Å². The number of aliphatic hydroxyl groups excluding tert-OH is 1. The molecule has 92 valence electrons. The highest BCUT2D eigenvalue weighted by Crippen LogP contribution is 2.40. The molecule has 1 aliphatic heterocycles. The van der Waals surface area contributed by atoms with Gasteiger partial charge in [-0.25, -0.2) is 0 Å². The minimum absolute atomic E-state index is 0.213. The third-order valence-corrected chi connectivity index (χ3v) is 3.44. The van der Waals surface area contributed by atoms with Gasteiger partial charge in [-0.15, -0.1) is 0 Å². The van der Waals surface area contributed by atoms with Crippen LogP contribution in [-0.2, 0) is 0 Å². The average molecular weight is 240 g/mol. The van der Waals surface area contributed by atoms with Crippen LogP contribution >= 0.6 is 0 Å². The molecule has 0 amide bonds. The summed E-state index contributed by atoms with van der Waals surface area (Å²) in [5.41, 5.74) is 3.62. The predicted octanol–water partition coefficient (Wildman–Crippen LogP) is 3.23. The highest BCUT2D eigenvalue weighted by molar-refractivity contribution is 5.45. The lowest BCUT2D eigenvalue weighted by molar-refractivity contribution is -0.0359. The summed E-state index contributed by atoms with van der Waals surface area (Å²) < 4.78 is 5.49. The molecule has 2 atom stereocenters. The van der Waals surface area contributed by atoms with E-state index in [1.165, 1.54) is 16.7 Å². The lowest BCUT2D eigenvalue weighted by atomic mass is 9.85. The van der Waals surface area contributed by atoms with Gasteiger partial charge in [0.1, 0.15) is 5.75 Å². The topological polar surface area (TPSA) is 29.5 Å². The van der Waals surface area contributed by atoms with Crippen LogP contribution in [0.4, 0.5) is 0 Å². The van der Waals surface area contributed by atoms with E-state index in [0.717, 1.165) is 5.75 Å². The number of rotatable bonds is 1. The molecule has 1 N–H and O–H groups in total. The molecule has 1 aliphatic rings. The Morgan fingerprint density at radius 2 is 1.89 bits per heavy atom. The maximum absolute atomic E-state index is 9.83. The molecular formula is C16H16O2. The fourth-order valence-electron chi connectivity index (χ4n) is 2.57. The highest BCUT2D eigenvalue weighted by Gasteiger charge is 2.28. The van der Waals surface area contributed by atoms with Gasteiger partial charge in [-0.3, -0.25) is 0 Å². The Morgan fingerprint density at radius 3 is 2.67 bits per heavy atom. The standard InChI is InChI=1S/C16H16O2/c1-11-7-8-15-14(9-11)13(10-16(17)18-15)12-5-3-2-4-6-12/h2-9,13,16-17H,10H2,1H3/t13-,16?/m1/s1. The van der Waals surface area contributed by atoms with E-state index in [0.29, 0.717) is 6.42 Å². The fourth-order valence-corrected chi connectivity index (χ4v) is 2.57. The van der Waals surface area contributed by atoms with Crippen molar-refractivity contribution in [3.05, 3.63) is 65.2 Å². The molecule has 0 saturated heterocycles. The first kappa shape index (κ1) is 11.3. The van der Waals surface area contributed by atoms with E-state index in [1.54, 1.807) is 0 Å². The second-order valence-corrected chi connectivity index (χ2v) is 4.81. The normalized spacial score (nSPS) is 22.1. The molecule has 1 heterocycles. The number of ether oxygens (including phenoxy) is 1. The van der Waals surface area contributed by atoms with Crippen LogP contribution in [0.5, 0.6) is 5.75 Å². The van der Waals surface area contributed by atoms with E-state index in [9.17, 15) is 5.11 Å². The predicted molar refractivity (Wildman–Crippen MR) is 70.7 cm³/mol. The maximum Gasteiger partial charge on any atom is 0.198 e. The van der Waals surface area contributed by atoms with E-state index in [-0.39, 0.29) is 5.92 Å². The smallest absolute Gasteiger partial charge is 0.198 e. The first-order chi connectivity index (χ1) is 8.74. The highest BCUT2D eigenvalue weighted by atomic mass is 16.6. The monoisotopic (exact) mass is 240 g/mol. The SMILES string of the molecule is Cc1ccc2c(c1)[C@@H](c1ccccc1)CC(O)O2. The van der Waals surface area contributed by atoms with Crippen LogP contribution in [0.3, 0.4) is 0 Å². The van der Waals surface area contributed by atoms with Gasteiger partial charge >= 0.3 is 0 Å². The van der Waals surface area contributed by atoms with Crippen LogP contribution in [-0.4, -0.2) is 11.4 Å². The van der Waals surface area contributed by atoms with Crippen molar-refractivity contribution >= 4 is 0 Å². The molecule has 0 radical (unpaired) electrons. The van der Waals surface area contributed by atoms with Gasteiger partial charge in [0.25, 0.3) is 0 Å². The minimum atomic E-state index is -0.717. The van der Waals surface area contributed by atoms with Crippen LogP contribution in [0.15, 0.2) is 48.5 Å². The summed E-state index contributed by atoms with van der Waals surface area (Å²) >= 11 is 0. The summed E-state index contributed by atoms with van der Waals surface area (Å²) in [6.07, 6.45) is -0.106. The van der Waals surface area contributed by atoms with Gasteiger partial charge in [-0.05, 0) is 18.6 Å². The number of benzene rings is 2. The average Bonchev–Trinajstić information content (AvgIpc) is 2.39. The molecule has 0 fully saturated rings. The molecule has 18 heavy (non-hydrogen) atoms. The lowest BCUT2D eigenvalue weighted by Crippen LogP contribution is -2.25. The van der Waals surface area contributed by atoms with Crippen molar-refractivity contribution < 1.29 is 9.84 Å². The molecule has 1 unspecified atom stereocenters. The van der Waals surface area contributed by atoms with Crippen molar-refractivity contribution in [2.75, 3.05) is 0 Å². The van der Waals surface area contributed by atoms with Crippen LogP contribution in [0.1, 0.15) is 29.0 Å². The second-order valence-electron chi connectivity index (χ2n) is 4.81. The quantitative estimate of drug-likeness (QED) is 0.829. The third kappa shape index (κ3) is 2.00. The van der Waals surface area contributed by atoms with Crippen molar-refractivity contribution in [2.24, 2.45) is 0 Å². The van der Waals surface area contributed by atoms with E-state index < -0.39 is 6.29 Å². The maximum atomic E-state index is 9.83. The van der Waals surface area contributed by atoms with Gasteiger partial charge in [0.2, 0.25) is 0 Å². The molecule has 0 spiro atoms. The van der Waals surface area contributed by atoms with Crippen LogP contribution in [0.25, 0.3) is 0 Å². The minimum Gasteiger partial charge on any atom is -0.465 e. The summed E-state index contributed by atoms with van der Waals surface area (Å²) in [5, 5.41) is 9.83. The zero-order valence-corrected chi connectivity index (χ0v) is 10.3. The third-order valence-electron chi connectivity index (χ3n) is 3.44. The fraction of sp³-hybridized carbons (Fsp3) is 0.250. The molecule has 0 aromatic heterocycles. The number of aryl methyl sites for hydroxylation is 1. The van der Waals surface area contributed by atoms with Gasteiger partial charge in [0.05, 0.1) is 0 Å². The Balaban J connectivity index is 2.09. The summed E-state index contributed by atoms with van der Waals surface area (Å²) in [6, 6.07) is 16.4. The molecule has 3 rings (SSSR count). The first-order valence-electron chi connectivity index (χ1n) is 6.24. The van der Waals surface area contributed by atoms with Crippen molar-refractivity contribution in [3.63, 3.8) is 0 Å². The summed E-state index contributed by atoms with van der Waals surface area (Å²) in [5.74, 6) is 1.01. The van der Waals surface area contributed by atoms with Crippen molar-refractivity contribution in [1.82, 2.24) is 0 Å². The number of hydrogen-bond donors (Lipinski definition) is 1. The summed E-state index contributed by atoms with van der Waals surface area (Å²) in [6.45, 7) is 2.08. The second kappa shape index (κ2) is 4.46. The van der Waals surface area contributed by atoms with Crippen molar-refractivity contribution in [1.29, 1.82) is 0 Å². The molecule has 2 aromatic carbocycles. The molecular weight excluding hydrogens is 224 g/mol. The van der Waals surface area contributed by atoms with E-state index in [4.69, 9.17) is 4.74 Å².